The summed E-state index contributed by atoms with van der Waals surface area (Å²) >= 11 is 1.42. The molecule has 4 nitrogen and oxygen atoms in total. The third-order valence-electron chi connectivity index (χ3n) is 4.09. The first-order chi connectivity index (χ1) is 13.9. The van der Waals surface area contributed by atoms with Gasteiger partial charge in [0.2, 0.25) is 5.91 Å². The minimum absolute atomic E-state index is 0.484. The van der Waals surface area contributed by atoms with Gasteiger partial charge in [-0.1, -0.05) is 42.1 Å². The molecule has 152 valence electrons. The molecule has 1 N–H and O–H groups in total. The lowest BCUT2D eigenvalue weighted by atomic mass is 10.2. The minimum atomic E-state index is -3.04. The molecule has 0 spiro atoms. The standard InChI is InChI=1S/C20H17F4N3OS/c1-12(27-16(19(23)24)11-15(26-27)18(21)22)20(28)25-14-9-5-6-10-17(14)29-13-7-3-2-4-8-13/h2-12,18-19H,1H3,(H,25,28). The molecule has 0 radical (unpaired) electrons. The monoisotopic (exact) mass is 423 g/mol. The fraction of sp³-hybridized carbons (Fsp3) is 0.200. The summed E-state index contributed by atoms with van der Waals surface area (Å²) in [6.07, 6.45) is -6.04. The van der Waals surface area contributed by atoms with Gasteiger partial charge in [0.25, 0.3) is 12.9 Å². The lowest BCUT2D eigenvalue weighted by Gasteiger charge is -2.17. The number of benzene rings is 2. The van der Waals surface area contributed by atoms with Crippen LogP contribution in [0.2, 0.25) is 0 Å². The number of rotatable bonds is 7. The van der Waals surface area contributed by atoms with Crippen molar-refractivity contribution in [3.63, 3.8) is 0 Å². The number of hydrogen-bond acceptors (Lipinski definition) is 3. The Hall–Kier alpha value is -2.81. The van der Waals surface area contributed by atoms with Crippen LogP contribution in [0.4, 0.5) is 23.2 Å². The molecule has 0 saturated heterocycles. The molecule has 2 aromatic carbocycles. The van der Waals surface area contributed by atoms with Gasteiger partial charge < -0.3 is 5.32 Å². The molecule has 1 heterocycles. The predicted molar refractivity (Wildman–Crippen MR) is 102 cm³/mol. The van der Waals surface area contributed by atoms with E-state index >= 15 is 0 Å². The maximum atomic E-state index is 13.2. The summed E-state index contributed by atoms with van der Waals surface area (Å²) in [7, 11) is 0. The third-order valence-corrected chi connectivity index (χ3v) is 5.18. The highest BCUT2D eigenvalue weighted by Gasteiger charge is 2.27. The van der Waals surface area contributed by atoms with E-state index in [1.807, 2.05) is 42.5 Å². The zero-order chi connectivity index (χ0) is 21.0. The molecule has 0 fully saturated rings. The van der Waals surface area contributed by atoms with Crippen LogP contribution in [0.3, 0.4) is 0 Å². The molecule has 0 aliphatic heterocycles. The Balaban J connectivity index is 1.82. The van der Waals surface area contributed by atoms with E-state index in [2.05, 4.69) is 10.4 Å². The summed E-state index contributed by atoms with van der Waals surface area (Å²) in [5.41, 5.74) is -1.03. The molecule has 29 heavy (non-hydrogen) atoms. The van der Waals surface area contributed by atoms with Gasteiger partial charge in [0, 0.05) is 9.79 Å². The molecule has 0 aliphatic rings. The largest absolute Gasteiger partial charge is 0.323 e. The van der Waals surface area contributed by atoms with Gasteiger partial charge in [-0.05, 0) is 37.3 Å². The fourth-order valence-electron chi connectivity index (χ4n) is 2.63. The molecule has 0 bridgehead atoms. The summed E-state index contributed by atoms with van der Waals surface area (Å²) in [6.45, 7) is 1.33. The quantitative estimate of drug-likeness (QED) is 0.467. The van der Waals surface area contributed by atoms with E-state index in [9.17, 15) is 22.4 Å². The lowest BCUT2D eigenvalue weighted by molar-refractivity contribution is -0.119. The molecule has 0 aliphatic carbocycles. The Morgan fingerprint density at radius 1 is 1.00 bits per heavy atom. The summed E-state index contributed by atoms with van der Waals surface area (Å²) in [5, 5.41) is 6.19. The number of carbonyl (C=O) groups excluding carboxylic acids is 1. The van der Waals surface area contributed by atoms with Crippen molar-refractivity contribution in [1.82, 2.24) is 9.78 Å². The van der Waals surface area contributed by atoms with Crippen molar-refractivity contribution >= 4 is 23.4 Å². The van der Waals surface area contributed by atoms with Crippen molar-refractivity contribution in [2.24, 2.45) is 0 Å². The first-order valence-corrected chi connectivity index (χ1v) is 9.47. The van der Waals surface area contributed by atoms with Gasteiger partial charge in [-0.3, -0.25) is 9.48 Å². The Bertz CT molecular complexity index is 979. The second-order valence-electron chi connectivity index (χ2n) is 6.12. The van der Waals surface area contributed by atoms with Crippen molar-refractivity contribution < 1.29 is 22.4 Å². The van der Waals surface area contributed by atoms with Crippen LogP contribution in [0.15, 0.2) is 70.5 Å². The van der Waals surface area contributed by atoms with E-state index in [1.165, 1.54) is 18.7 Å². The number of amides is 1. The number of hydrogen-bond donors (Lipinski definition) is 1. The van der Waals surface area contributed by atoms with Crippen LogP contribution in [0.25, 0.3) is 0 Å². The van der Waals surface area contributed by atoms with E-state index < -0.39 is 36.2 Å². The van der Waals surface area contributed by atoms with E-state index in [-0.39, 0.29) is 0 Å². The average Bonchev–Trinajstić information content (AvgIpc) is 3.16. The van der Waals surface area contributed by atoms with Crippen molar-refractivity contribution in [3.8, 4) is 0 Å². The van der Waals surface area contributed by atoms with Crippen molar-refractivity contribution in [2.45, 2.75) is 35.6 Å². The predicted octanol–water partition coefficient (Wildman–Crippen LogP) is 6.11. The molecule has 9 heteroatoms. The van der Waals surface area contributed by atoms with Gasteiger partial charge in [0.15, 0.2) is 0 Å². The van der Waals surface area contributed by atoms with Gasteiger partial charge in [-0.2, -0.15) is 5.10 Å². The summed E-state index contributed by atoms with van der Waals surface area (Å²) < 4.78 is 52.8. The van der Waals surface area contributed by atoms with Gasteiger partial charge in [-0.25, -0.2) is 17.6 Å². The number of carbonyl (C=O) groups is 1. The van der Waals surface area contributed by atoms with Gasteiger partial charge in [0.1, 0.15) is 17.4 Å². The Morgan fingerprint density at radius 2 is 1.66 bits per heavy atom. The van der Waals surface area contributed by atoms with E-state index in [0.29, 0.717) is 16.4 Å². The van der Waals surface area contributed by atoms with Crippen LogP contribution in [0.1, 0.15) is 37.2 Å². The lowest BCUT2D eigenvalue weighted by Crippen LogP contribution is -2.26. The number of nitrogens with one attached hydrogen (secondary N) is 1. The number of nitrogens with zero attached hydrogens (tertiary/aromatic N) is 2. The average molecular weight is 423 g/mol. The Kier molecular flexibility index (Phi) is 6.58. The molecule has 0 saturated carbocycles. The van der Waals surface area contributed by atoms with Crippen LogP contribution in [0, 0.1) is 0 Å². The molecule has 1 atom stereocenters. The first kappa shape index (κ1) is 20.9. The van der Waals surface area contributed by atoms with Gasteiger partial charge in [-0.15, -0.1) is 0 Å². The number of anilines is 1. The van der Waals surface area contributed by atoms with E-state index in [0.717, 1.165) is 9.79 Å². The van der Waals surface area contributed by atoms with Crippen molar-refractivity contribution in [2.75, 3.05) is 5.32 Å². The van der Waals surface area contributed by atoms with Crippen LogP contribution >= 0.6 is 11.8 Å². The molecule has 1 aromatic heterocycles. The zero-order valence-electron chi connectivity index (χ0n) is 15.2. The minimum Gasteiger partial charge on any atom is -0.323 e. The maximum absolute atomic E-state index is 13.2. The highest BCUT2D eigenvalue weighted by atomic mass is 32.2. The summed E-state index contributed by atoms with van der Waals surface area (Å²) in [4.78, 5) is 14.4. The second kappa shape index (κ2) is 9.13. The smallest absolute Gasteiger partial charge is 0.282 e. The number of aromatic nitrogens is 2. The molecular weight excluding hydrogens is 406 g/mol. The maximum Gasteiger partial charge on any atom is 0.282 e. The second-order valence-corrected chi connectivity index (χ2v) is 7.23. The molecular formula is C20H17F4N3OS. The number of para-hydroxylation sites is 1. The summed E-state index contributed by atoms with van der Waals surface area (Å²) in [5.74, 6) is -0.642. The zero-order valence-corrected chi connectivity index (χ0v) is 16.0. The molecule has 1 amide bonds. The molecule has 3 rings (SSSR count). The van der Waals surface area contributed by atoms with Crippen LogP contribution in [-0.4, -0.2) is 15.7 Å². The van der Waals surface area contributed by atoms with E-state index in [1.54, 1.807) is 12.1 Å². The van der Waals surface area contributed by atoms with Crippen LogP contribution in [-0.2, 0) is 4.79 Å². The van der Waals surface area contributed by atoms with Crippen molar-refractivity contribution in [1.29, 1.82) is 0 Å². The number of alkyl halides is 4. The highest BCUT2D eigenvalue weighted by molar-refractivity contribution is 7.99. The van der Waals surface area contributed by atoms with Crippen LogP contribution < -0.4 is 5.32 Å². The summed E-state index contributed by atoms with van der Waals surface area (Å²) in [6, 6.07) is 15.9. The Labute approximate surface area is 168 Å². The van der Waals surface area contributed by atoms with Gasteiger partial charge in [0.05, 0.1) is 5.69 Å². The highest BCUT2D eigenvalue weighted by Crippen LogP contribution is 2.34. The third kappa shape index (κ3) is 4.97. The van der Waals surface area contributed by atoms with E-state index in [4.69, 9.17) is 0 Å². The fourth-order valence-corrected chi connectivity index (χ4v) is 3.55. The number of halogens is 4. The molecule has 1 unspecified atom stereocenters. The molecule has 3 aromatic rings. The topological polar surface area (TPSA) is 46.9 Å². The van der Waals surface area contributed by atoms with Crippen molar-refractivity contribution in [3.05, 3.63) is 72.1 Å². The van der Waals surface area contributed by atoms with Crippen LogP contribution in [0.5, 0.6) is 0 Å². The SMILES string of the molecule is CC(C(=O)Nc1ccccc1Sc1ccccc1)n1nc(C(F)F)cc1C(F)F. The Morgan fingerprint density at radius 3 is 2.31 bits per heavy atom. The first-order valence-electron chi connectivity index (χ1n) is 8.65. The normalized spacial score (nSPS) is 12.4. The van der Waals surface area contributed by atoms with Gasteiger partial charge >= 0.3 is 0 Å².